The Labute approximate surface area is 129 Å². The molecule has 3 heteroatoms. The van der Waals surface area contributed by atoms with Crippen LogP contribution in [0.25, 0.3) is 0 Å². The van der Waals surface area contributed by atoms with Crippen LogP contribution in [0.3, 0.4) is 0 Å². The maximum Gasteiger partial charge on any atom is 0.0812 e. The summed E-state index contributed by atoms with van der Waals surface area (Å²) in [5.41, 5.74) is 4.13. The fourth-order valence-electron chi connectivity index (χ4n) is 4.16. The lowest BCUT2D eigenvalue weighted by molar-refractivity contribution is 0.0972. The van der Waals surface area contributed by atoms with Crippen molar-refractivity contribution in [1.29, 1.82) is 0 Å². The summed E-state index contributed by atoms with van der Waals surface area (Å²) in [5.74, 6) is 0.790. The Hall–Kier alpha value is -0.800. The van der Waals surface area contributed by atoms with Crippen LogP contribution in [-0.4, -0.2) is 34.7 Å². The van der Waals surface area contributed by atoms with Crippen LogP contribution >= 0.6 is 0 Å². The van der Waals surface area contributed by atoms with Gasteiger partial charge in [0.05, 0.1) is 6.10 Å². The third-order valence-electron chi connectivity index (χ3n) is 5.48. The molecule has 21 heavy (non-hydrogen) atoms. The van der Waals surface area contributed by atoms with Crippen LogP contribution < -0.4 is 0 Å². The molecule has 0 radical (unpaired) electrons. The van der Waals surface area contributed by atoms with E-state index in [-0.39, 0.29) is 11.5 Å². The molecule has 1 saturated heterocycles. The highest BCUT2D eigenvalue weighted by Gasteiger charge is 2.34. The lowest BCUT2D eigenvalue weighted by atomic mass is 9.75. The van der Waals surface area contributed by atoms with E-state index >= 15 is 0 Å². The molecular weight excluding hydrogens is 260 g/mol. The summed E-state index contributed by atoms with van der Waals surface area (Å²) in [6.45, 7) is 10.3. The van der Waals surface area contributed by atoms with E-state index in [0.717, 1.165) is 25.3 Å². The molecule has 3 nitrogen and oxygen atoms in total. The number of piperidine rings is 1. The molecule has 0 spiro atoms. The zero-order valence-electron chi connectivity index (χ0n) is 14.0. The number of hydrogen-bond donors (Lipinski definition) is 1. The summed E-state index contributed by atoms with van der Waals surface area (Å²) in [6.07, 6.45) is 4.31. The molecule has 1 N–H and O–H groups in total. The number of fused-ring (bicyclic) bond motifs is 1. The van der Waals surface area contributed by atoms with Gasteiger partial charge in [0.2, 0.25) is 0 Å². The highest BCUT2D eigenvalue weighted by molar-refractivity contribution is 5.33. The Bertz CT molecular complexity index is 510. The van der Waals surface area contributed by atoms with E-state index in [9.17, 15) is 5.11 Å². The fourth-order valence-corrected chi connectivity index (χ4v) is 4.16. The van der Waals surface area contributed by atoms with Crippen LogP contribution in [0.15, 0.2) is 6.07 Å². The maximum atomic E-state index is 10.5. The summed E-state index contributed by atoms with van der Waals surface area (Å²) in [7, 11) is 2.22. The van der Waals surface area contributed by atoms with E-state index in [4.69, 9.17) is 0 Å². The van der Waals surface area contributed by atoms with Crippen molar-refractivity contribution in [2.45, 2.75) is 59.1 Å². The van der Waals surface area contributed by atoms with Gasteiger partial charge in [-0.05, 0) is 70.1 Å². The molecule has 1 aromatic rings. The molecule has 0 saturated carbocycles. The van der Waals surface area contributed by atoms with Gasteiger partial charge in [0.25, 0.3) is 0 Å². The molecule has 1 atom stereocenters. The molecule has 1 aliphatic carbocycles. The summed E-state index contributed by atoms with van der Waals surface area (Å²) in [6, 6.07) is 2.23. The maximum absolute atomic E-state index is 10.5. The SMILES string of the molecule is Cc1cc2c(n1CC1CCN(C)CC1)CC(C)(C)CC2O. The number of aromatic nitrogens is 1. The van der Waals surface area contributed by atoms with Gasteiger partial charge in [-0.25, -0.2) is 0 Å². The molecule has 0 bridgehead atoms. The van der Waals surface area contributed by atoms with E-state index < -0.39 is 0 Å². The van der Waals surface area contributed by atoms with Gasteiger partial charge >= 0.3 is 0 Å². The number of aryl methyl sites for hydroxylation is 1. The van der Waals surface area contributed by atoms with Gasteiger partial charge in [-0.1, -0.05) is 13.8 Å². The van der Waals surface area contributed by atoms with Crippen molar-refractivity contribution in [3.05, 3.63) is 23.0 Å². The molecule has 1 fully saturated rings. The van der Waals surface area contributed by atoms with Crippen molar-refractivity contribution < 1.29 is 5.11 Å². The number of rotatable bonds is 2. The molecule has 3 rings (SSSR count). The van der Waals surface area contributed by atoms with Gasteiger partial charge < -0.3 is 14.6 Å². The largest absolute Gasteiger partial charge is 0.388 e. The standard InChI is InChI=1S/C18H30N2O/c1-13-9-15-16(10-18(2,3)11-17(15)21)20(13)12-14-5-7-19(4)8-6-14/h9,14,17,21H,5-8,10-12H2,1-4H3. The van der Waals surface area contributed by atoms with Gasteiger partial charge in [0, 0.05) is 23.5 Å². The fraction of sp³-hybridized carbons (Fsp3) is 0.778. The first kappa shape index (κ1) is 15.1. The zero-order chi connectivity index (χ0) is 15.2. The highest BCUT2D eigenvalue weighted by Crippen LogP contribution is 2.42. The third kappa shape index (κ3) is 3.04. The number of aliphatic hydroxyl groups is 1. The number of nitrogens with zero attached hydrogens (tertiary/aromatic N) is 2. The first-order valence-corrected chi connectivity index (χ1v) is 8.41. The van der Waals surface area contributed by atoms with E-state index in [0.29, 0.717) is 0 Å². The normalized spacial score (nSPS) is 26.8. The molecule has 1 aromatic heterocycles. The second-order valence-electron chi connectivity index (χ2n) is 8.11. The average molecular weight is 290 g/mol. The monoisotopic (exact) mass is 290 g/mol. The van der Waals surface area contributed by atoms with Crippen molar-refractivity contribution >= 4 is 0 Å². The molecule has 118 valence electrons. The van der Waals surface area contributed by atoms with Crippen molar-refractivity contribution in [2.24, 2.45) is 11.3 Å². The summed E-state index contributed by atoms with van der Waals surface area (Å²) in [4.78, 5) is 2.43. The molecule has 1 aliphatic heterocycles. The topological polar surface area (TPSA) is 28.4 Å². The second kappa shape index (κ2) is 5.44. The van der Waals surface area contributed by atoms with Gasteiger partial charge in [-0.3, -0.25) is 0 Å². The van der Waals surface area contributed by atoms with Crippen molar-refractivity contribution in [3.8, 4) is 0 Å². The van der Waals surface area contributed by atoms with E-state index in [2.05, 4.69) is 43.4 Å². The second-order valence-corrected chi connectivity index (χ2v) is 8.11. The van der Waals surface area contributed by atoms with Crippen molar-refractivity contribution in [3.63, 3.8) is 0 Å². The number of aliphatic hydroxyl groups excluding tert-OH is 1. The average Bonchev–Trinajstić information content (AvgIpc) is 2.69. The van der Waals surface area contributed by atoms with Crippen LogP contribution in [0.2, 0.25) is 0 Å². The lowest BCUT2D eigenvalue weighted by Gasteiger charge is -2.35. The minimum atomic E-state index is -0.277. The minimum absolute atomic E-state index is 0.210. The number of likely N-dealkylation sites (tertiary alicyclic amines) is 1. The quantitative estimate of drug-likeness (QED) is 0.906. The van der Waals surface area contributed by atoms with E-state index in [1.807, 2.05) is 0 Å². The van der Waals surface area contributed by atoms with Crippen LogP contribution in [0, 0.1) is 18.3 Å². The smallest absolute Gasteiger partial charge is 0.0812 e. The Morgan fingerprint density at radius 3 is 2.62 bits per heavy atom. The minimum Gasteiger partial charge on any atom is -0.388 e. The van der Waals surface area contributed by atoms with Gasteiger partial charge in [0.15, 0.2) is 0 Å². The van der Waals surface area contributed by atoms with Crippen molar-refractivity contribution in [1.82, 2.24) is 9.47 Å². The predicted molar refractivity (Wildman–Crippen MR) is 86.5 cm³/mol. The van der Waals surface area contributed by atoms with Gasteiger partial charge in [-0.2, -0.15) is 0 Å². The zero-order valence-corrected chi connectivity index (χ0v) is 14.0. The third-order valence-corrected chi connectivity index (χ3v) is 5.48. The Kier molecular flexibility index (Phi) is 3.91. The first-order valence-electron chi connectivity index (χ1n) is 8.41. The van der Waals surface area contributed by atoms with E-state index in [1.165, 1.54) is 42.9 Å². The van der Waals surface area contributed by atoms with Crippen LogP contribution in [0.1, 0.15) is 56.2 Å². The van der Waals surface area contributed by atoms with E-state index in [1.54, 1.807) is 0 Å². The highest BCUT2D eigenvalue weighted by atomic mass is 16.3. The van der Waals surface area contributed by atoms with Gasteiger partial charge in [0.1, 0.15) is 0 Å². The summed E-state index contributed by atoms with van der Waals surface area (Å²) in [5, 5.41) is 10.5. The Morgan fingerprint density at radius 1 is 1.29 bits per heavy atom. The predicted octanol–water partition coefficient (Wildman–Crippen LogP) is 3.14. The molecule has 2 heterocycles. The molecular formula is C18H30N2O. The summed E-state index contributed by atoms with van der Waals surface area (Å²) >= 11 is 0. The number of hydrogen-bond acceptors (Lipinski definition) is 2. The van der Waals surface area contributed by atoms with Crippen molar-refractivity contribution in [2.75, 3.05) is 20.1 Å². The Morgan fingerprint density at radius 2 is 1.95 bits per heavy atom. The molecule has 1 unspecified atom stereocenters. The van der Waals surface area contributed by atoms with Crippen LogP contribution in [-0.2, 0) is 13.0 Å². The molecule has 0 amide bonds. The van der Waals surface area contributed by atoms with Crippen LogP contribution in [0.5, 0.6) is 0 Å². The van der Waals surface area contributed by atoms with Gasteiger partial charge in [-0.15, -0.1) is 0 Å². The molecule has 0 aromatic carbocycles. The first-order chi connectivity index (χ1) is 9.85. The Balaban J connectivity index is 1.83. The lowest BCUT2D eigenvalue weighted by Crippen LogP contribution is -2.33. The molecule has 2 aliphatic rings. The van der Waals surface area contributed by atoms with Crippen LogP contribution in [0.4, 0.5) is 0 Å². The summed E-state index contributed by atoms with van der Waals surface area (Å²) < 4.78 is 2.51.